The Morgan fingerprint density at radius 2 is 1.82 bits per heavy atom. The summed E-state index contributed by atoms with van der Waals surface area (Å²) in [6.07, 6.45) is -6.90. The number of rotatable bonds is 5. The lowest BCUT2D eigenvalue weighted by Gasteiger charge is -2.38. The van der Waals surface area contributed by atoms with Gasteiger partial charge in [-0.2, -0.15) is 18.3 Å². The number of H-pyrrole nitrogens is 1. The Kier molecular flexibility index (Phi) is 6.62. The highest BCUT2D eigenvalue weighted by Gasteiger charge is 2.48. The molecule has 0 radical (unpaired) electrons. The molecular weight excluding hydrogens is 529 g/mol. The molecule has 1 N–H and O–H groups in total. The van der Waals surface area contributed by atoms with Crippen molar-refractivity contribution in [1.29, 1.82) is 0 Å². The molecule has 1 amide bonds. The van der Waals surface area contributed by atoms with Crippen LogP contribution in [0.4, 0.5) is 22.0 Å². The van der Waals surface area contributed by atoms with Crippen LogP contribution in [0, 0.1) is 0 Å². The number of pyridine rings is 1. The summed E-state index contributed by atoms with van der Waals surface area (Å²) in [5.41, 5.74) is 0.765. The second-order valence-electron chi connectivity index (χ2n) is 8.62. The maximum absolute atomic E-state index is 15.0. The minimum Gasteiger partial charge on any atom is -0.463 e. The average molecular weight is 547 g/mol. The summed E-state index contributed by atoms with van der Waals surface area (Å²) in [5, 5.41) is 6.69. The number of nitrogens with zero attached hydrogens (tertiary/aromatic N) is 4. The Morgan fingerprint density at radius 3 is 2.56 bits per heavy atom. The molecule has 3 heterocycles. The van der Waals surface area contributed by atoms with E-state index >= 15 is 0 Å². The molecule has 14 heteroatoms. The van der Waals surface area contributed by atoms with Gasteiger partial charge in [0.1, 0.15) is 6.33 Å². The van der Waals surface area contributed by atoms with E-state index in [-0.39, 0.29) is 23.0 Å². The Hall–Kier alpha value is -4.62. The number of alkyl halides is 5. The highest BCUT2D eigenvalue weighted by atomic mass is 19.4. The van der Waals surface area contributed by atoms with Crippen LogP contribution in [-0.4, -0.2) is 68.2 Å². The molecule has 1 unspecified atom stereocenters. The van der Waals surface area contributed by atoms with Crippen molar-refractivity contribution in [1.82, 2.24) is 25.1 Å². The van der Waals surface area contributed by atoms with Crippen molar-refractivity contribution in [2.24, 2.45) is 0 Å². The van der Waals surface area contributed by atoms with Gasteiger partial charge < -0.3 is 14.4 Å². The molecule has 0 spiro atoms. The molecule has 1 aliphatic rings. The van der Waals surface area contributed by atoms with Gasteiger partial charge in [-0.25, -0.2) is 23.5 Å². The number of ether oxygens (including phenoxy) is 2. The zero-order valence-corrected chi connectivity index (χ0v) is 19.8. The molecule has 2 aromatic heterocycles. The molecule has 2 aromatic carbocycles. The summed E-state index contributed by atoms with van der Waals surface area (Å²) in [5.74, 6) is -7.88. The minimum atomic E-state index is -5.35. The normalized spacial score (nSPS) is 17.2. The molecule has 4 aromatic rings. The second kappa shape index (κ2) is 9.93. The van der Waals surface area contributed by atoms with E-state index in [0.29, 0.717) is 11.4 Å². The van der Waals surface area contributed by atoms with Crippen LogP contribution in [0.25, 0.3) is 22.3 Å². The third kappa shape index (κ3) is 5.35. The van der Waals surface area contributed by atoms with Crippen molar-refractivity contribution in [3.63, 3.8) is 0 Å². The summed E-state index contributed by atoms with van der Waals surface area (Å²) in [4.78, 5) is 34.1. The van der Waals surface area contributed by atoms with Gasteiger partial charge in [-0.1, -0.05) is 36.4 Å². The van der Waals surface area contributed by atoms with E-state index < -0.39 is 54.7 Å². The number of benzene rings is 2. The highest BCUT2D eigenvalue weighted by molar-refractivity contribution is 6.00. The van der Waals surface area contributed by atoms with E-state index in [4.69, 9.17) is 4.74 Å². The number of hydrogen-bond acceptors (Lipinski definition) is 7. The molecule has 1 aliphatic heterocycles. The maximum atomic E-state index is 15.0. The predicted molar refractivity (Wildman–Crippen MR) is 125 cm³/mol. The van der Waals surface area contributed by atoms with Gasteiger partial charge in [-0.15, -0.1) is 0 Å². The Balaban J connectivity index is 1.45. The number of esters is 1. The van der Waals surface area contributed by atoms with Crippen LogP contribution in [-0.2, 0) is 4.79 Å². The van der Waals surface area contributed by atoms with Crippen LogP contribution in [0.5, 0.6) is 11.6 Å². The first-order valence-electron chi connectivity index (χ1n) is 11.5. The summed E-state index contributed by atoms with van der Waals surface area (Å²) >= 11 is 0. The smallest absolute Gasteiger partial charge is 0.463 e. The number of halogens is 5. The van der Waals surface area contributed by atoms with Crippen molar-refractivity contribution >= 4 is 22.8 Å². The Morgan fingerprint density at radius 1 is 1.08 bits per heavy atom. The Labute approximate surface area is 216 Å². The number of hydrogen-bond donors (Lipinski definition) is 1. The monoisotopic (exact) mass is 547 g/mol. The number of nitrogens with one attached hydrogen (secondary N) is 1. The molecule has 0 aliphatic carbocycles. The van der Waals surface area contributed by atoms with E-state index in [1.807, 2.05) is 0 Å². The van der Waals surface area contributed by atoms with E-state index in [2.05, 4.69) is 24.9 Å². The van der Waals surface area contributed by atoms with Crippen LogP contribution in [0.1, 0.15) is 16.8 Å². The molecular formula is C25H18F5N5O4. The fraction of sp³-hybridized carbons (Fsp3) is 0.240. The fourth-order valence-electron chi connectivity index (χ4n) is 4.09. The van der Waals surface area contributed by atoms with Crippen LogP contribution >= 0.6 is 0 Å². The third-order valence-corrected chi connectivity index (χ3v) is 6.03. The molecule has 39 heavy (non-hydrogen) atoms. The summed E-state index contributed by atoms with van der Waals surface area (Å²) in [6, 6.07) is 13.5. The maximum Gasteiger partial charge on any atom is 0.491 e. The van der Waals surface area contributed by atoms with Gasteiger partial charge in [0.25, 0.3) is 17.7 Å². The summed E-state index contributed by atoms with van der Waals surface area (Å²) < 4.78 is 78.5. The third-order valence-electron chi connectivity index (χ3n) is 6.03. The van der Waals surface area contributed by atoms with Crippen molar-refractivity contribution in [3.05, 3.63) is 66.5 Å². The summed E-state index contributed by atoms with van der Waals surface area (Å²) in [7, 11) is 0. The van der Waals surface area contributed by atoms with E-state index in [1.165, 1.54) is 24.5 Å². The number of fused-ring (bicyclic) bond motifs is 1. The molecule has 1 atom stereocenters. The van der Waals surface area contributed by atoms with Crippen LogP contribution < -0.4 is 9.47 Å². The van der Waals surface area contributed by atoms with Crippen LogP contribution in [0.3, 0.4) is 0 Å². The first-order valence-corrected chi connectivity index (χ1v) is 11.5. The molecule has 1 fully saturated rings. The lowest BCUT2D eigenvalue weighted by Crippen LogP contribution is -2.55. The molecule has 0 saturated carbocycles. The first-order chi connectivity index (χ1) is 18.5. The molecule has 1 saturated heterocycles. The van der Waals surface area contributed by atoms with Gasteiger partial charge in [-0.05, 0) is 18.2 Å². The lowest BCUT2D eigenvalue weighted by molar-refractivity contribution is -0.190. The first kappa shape index (κ1) is 26.0. The van der Waals surface area contributed by atoms with Crippen molar-refractivity contribution in [3.8, 4) is 23.0 Å². The van der Waals surface area contributed by atoms with E-state index in [9.17, 15) is 31.5 Å². The zero-order chi connectivity index (χ0) is 27.8. The van der Waals surface area contributed by atoms with Gasteiger partial charge in [0, 0.05) is 23.9 Å². The quantitative estimate of drug-likeness (QED) is 0.291. The minimum absolute atomic E-state index is 0.168. The van der Waals surface area contributed by atoms with Gasteiger partial charge in [-0.3, -0.25) is 9.89 Å². The molecule has 0 bridgehead atoms. The number of para-hydroxylation sites is 1. The van der Waals surface area contributed by atoms with E-state index in [1.54, 1.807) is 30.3 Å². The number of piperidine rings is 1. The topological polar surface area (TPSA) is 110 Å². The number of carbonyl (C=O) groups excluding carboxylic acids is 2. The average Bonchev–Trinajstić information content (AvgIpc) is 3.44. The molecule has 202 valence electrons. The van der Waals surface area contributed by atoms with Gasteiger partial charge in [0.2, 0.25) is 0 Å². The van der Waals surface area contributed by atoms with Gasteiger partial charge in [0.05, 0.1) is 17.6 Å². The summed E-state index contributed by atoms with van der Waals surface area (Å²) in [6.45, 7) is -0.949. The van der Waals surface area contributed by atoms with Gasteiger partial charge in [0.15, 0.2) is 17.7 Å². The van der Waals surface area contributed by atoms with E-state index in [0.717, 1.165) is 11.0 Å². The fourth-order valence-corrected chi connectivity index (χ4v) is 4.09. The number of aromatic amines is 1. The Bertz CT molecular complexity index is 1530. The number of amides is 1. The van der Waals surface area contributed by atoms with Crippen LogP contribution in [0.15, 0.2) is 60.9 Å². The molecule has 5 rings (SSSR count). The van der Waals surface area contributed by atoms with Gasteiger partial charge >= 0.3 is 12.1 Å². The van der Waals surface area contributed by atoms with Crippen molar-refractivity contribution < 1.29 is 41.0 Å². The van der Waals surface area contributed by atoms with Crippen LogP contribution in [0.2, 0.25) is 0 Å². The standard InChI is InChI=1S/C25H18F5N5O4/c26-24(27)9-10-35(22(36)16-7-3-2-6-15(16)20-31-13-32-34-20)12-19(24)39-21-18(38-23(37)25(28,29)30)11-14-5-1-4-8-17(14)33-21/h1-8,11,13,19H,9-10,12H2,(H,31,32,34). The largest absolute Gasteiger partial charge is 0.491 e. The number of carbonyl (C=O) groups is 2. The lowest BCUT2D eigenvalue weighted by atomic mass is 10.0. The zero-order valence-electron chi connectivity index (χ0n) is 19.8. The highest BCUT2D eigenvalue weighted by Crippen LogP contribution is 2.37. The van der Waals surface area contributed by atoms with Crippen molar-refractivity contribution in [2.75, 3.05) is 13.1 Å². The number of likely N-dealkylation sites (tertiary alicyclic amines) is 1. The van der Waals surface area contributed by atoms with Crippen molar-refractivity contribution in [2.45, 2.75) is 24.6 Å². The predicted octanol–water partition coefficient (Wildman–Crippen LogP) is 4.42. The molecule has 9 nitrogen and oxygen atoms in total. The number of aromatic nitrogens is 4. The second-order valence-corrected chi connectivity index (χ2v) is 8.62. The SMILES string of the molecule is O=C(c1ccccc1-c1ncn[nH]1)N1CCC(F)(F)C(Oc2nc3ccccc3cc2OC(=O)C(F)(F)F)C1.